The molecule has 4 nitrogen and oxygen atoms in total. The fourth-order valence-electron chi connectivity index (χ4n) is 1.97. The number of carbonyl (C=O) groups is 1. The Morgan fingerprint density at radius 1 is 1.10 bits per heavy atom. The van der Waals surface area contributed by atoms with Gasteiger partial charge in [0, 0.05) is 16.1 Å². The normalized spacial score (nSPS) is 10.5. The monoisotopic (exact) mass is 299 g/mol. The lowest BCUT2D eigenvalue weighted by Gasteiger charge is -1.98. The molecule has 3 rings (SSSR count). The molecule has 0 bridgehead atoms. The fourth-order valence-corrected chi connectivity index (χ4v) is 2.16. The van der Waals surface area contributed by atoms with Gasteiger partial charge in [0.05, 0.1) is 5.56 Å². The lowest BCUT2D eigenvalue weighted by molar-refractivity contribution is 0.0697. The van der Waals surface area contributed by atoms with E-state index in [9.17, 15) is 4.79 Å². The number of rotatable bonds is 3. The number of nitrogens with zero attached hydrogens (tertiary/aromatic N) is 1. The zero-order valence-corrected chi connectivity index (χ0v) is 11.5. The first-order chi connectivity index (χ1) is 10.1. The van der Waals surface area contributed by atoms with Crippen LogP contribution in [0.3, 0.4) is 0 Å². The van der Waals surface area contributed by atoms with E-state index in [1.807, 2.05) is 12.1 Å². The third-order valence-electron chi connectivity index (χ3n) is 2.98. The maximum absolute atomic E-state index is 11.0. The average Bonchev–Trinajstić information content (AvgIpc) is 2.97. The molecule has 104 valence electrons. The van der Waals surface area contributed by atoms with Crippen LogP contribution in [0.25, 0.3) is 22.7 Å². The van der Waals surface area contributed by atoms with E-state index in [4.69, 9.17) is 21.1 Å². The van der Waals surface area contributed by atoms with Crippen LogP contribution in [0.15, 0.2) is 59.2 Å². The summed E-state index contributed by atoms with van der Waals surface area (Å²) in [5, 5.41) is 9.62. The van der Waals surface area contributed by atoms with Gasteiger partial charge in [0.15, 0.2) is 0 Å². The van der Waals surface area contributed by atoms with Gasteiger partial charge in [-0.1, -0.05) is 29.8 Å². The van der Waals surface area contributed by atoms with Crippen LogP contribution in [0.2, 0.25) is 5.02 Å². The lowest BCUT2D eigenvalue weighted by Crippen LogP contribution is -1.95. The standard InChI is InChI=1S/C16H10ClNO3/c17-13-6-2-3-10(8-13)14-9-21-15(18-14)11-4-1-5-12(7-11)16(19)20/h1-9H,(H,19,20). The number of hydrogen-bond donors (Lipinski definition) is 1. The van der Waals surface area contributed by atoms with E-state index in [2.05, 4.69) is 4.98 Å². The van der Waals surface area contributed by atoms with Crippen LogP contribution in [0.4, 0.5) is 0 Å². The van der Waals surface area contributed by atoms with E-state index < -0.39 is 5.97 Å². The van der Waals surface area contributed by atoms with Crippen molar-refractivity contribution in [3.8, 4) is 22.7 Å². The predicted octanol–water partition coefficient (Wildman–Crippen LogP) is 4.36. The smallest absolute Gasteiger partial charge is 0.335 e. The van der Waals surface area contributed by atoms with Crippen molar-refractivity contribution in [3.05, 3.63) is 65.4 Å². The molecule has 2 aromatic carbocycles. The minimum absolute atomic E-state index is 0.190. The van der Waals surface area contributed by atoms with E-state index in [0.717, 1.165) is 5.56 Å². The van der Waals surface area contributed by atoms with Crippen molar-refractivity contribution in [2.24, 2.45) is 0 Å². The van der Waals surface area contributed by atoms with E-state index in [1.165, 1.54) is 18.4 Å². The number of benzene rings is 2. The average molecular weight is 300 g/mol. The summed E-state index contributed by atoms with van der Waals surface area (Å²) in [5.41, 5.74) is 2.29. The number of carboxylic acids is 1. The van der Waals surface area contributed by atoms with Gasteiger partial charge in [-0.05, 0) is 30.3 Å². The van der Waals surface area contributed by atoms with Crippen LogP contribution < -0.4 is 0 Å². The first-order valence-corrected chi connectivity index (χ1v) is 6.56. The highest BCUT2D eigenvalue weighted by molar-refractivity contribution is 6.30. The second-order valence-electron chi connectivity index (χ2n) is 4.43. The summed E-state index contributed by atoms with van der Waals surface area (Å²) in [5.74, 6) is -0.619. The summed E-state index contributed by atoms with van der Waals surface area (Å²) in [6.45, 7) is 0. The Hall–Kier alpha value is -2.59. The second kappa shape index (κ2) is 5.42. The van der Waals surface area contributed by atoms with Gasteiger partial charge in [0.2, 0.25) is 5.89 Å². The van der Waals surface area contributed by atoms with E-state index >= 15 is 0 Å². The Bertz CT molecular complexity index is 811. The number of carboxylic acid groups (broad SMARTS) is 1. The fraction of sp³-hybridized carbons (Fsp3) is 0. The predicted molar refractivity (Wildman–Crippen MR) is 79.3 cm³/mol. The lowest BCUT2D eigenvalue weighted by atomic mass is 10.1. The molecule has 0 fully saturated rings. The van der Waals surface area contributed by atoms with E-state index in [-0.39, 0.29) is 5.56 Å². The second-order valence-corrected chi connectivity index (χ2v) is 4.87. The number of oxazole rings is 1. The van der Waals surface area contributed by atoms with Crippen molar-refractivity contribution in [2.45, 2.75) is 0 Å². The van der Waals surface area contributed by atoms with Crippen molar-refractivity contribution in [2.75, 3.05) is 0 Å². The summed E-state index contributed by atoms with van der Waals surface area (Å²) in [4.78, 5) is 15.4. The third-order valence-corrected chi connectivity index (χ3v) is 3.22. The quantitative estimate of drug-likeness (QED) is 0.780. The molecule has 1 aromatic heterocycles. The molecule has 3 aromatic rings. The first kappa shape index (κ1) is 13.4. The molecular formula is C16H10ClNO3. The molecule has 5 heteroatoms. The number of aromatic nitrogens is 1. The topological polar surface area (TPSA) is 63.3 Å². The highest BCUT2D eigenvalue weighted by atomic mass is 35.5. The van der Waals surface area contributed by atoms with Gasteiger partial charge in [0.1, 0.15) is 12.0 Å². The summed E-state index contributed by atoms with van der Waals surface area (Å²) < 4.78 is 5.43. The van der Waals surface area contributed by atoms with Gasteiger partial charge < -0.3 is 9.52 Å². The van der Waals surface area contributed by atoms with Crippen molar-refractivity contribution in [1.82, 2.24) is 4.98 Å². The molecule has 0 unspecified atom stereocenters. The zero-order chi connectivity index (χ0) is 14.8. The SMILES string of the molecule is O=C(O)c1cccc(-c2nc(-c3cccc(Cl)c3)co2)c1. The van der Waals surface area contributed by atoms with Crippen LogP contribution in [0, 0.1) is 0 Å². The molecule has 0 aliphatic carbocycles. The number of hydrogen-bond acceptors (Lipinski definition) is 3. The summed E-state index contributed by atoms with van der Waals surface area (Å²) in [6.07, 6.45) is 1.52. The Labute approximate surface area is 125 Å². The van der Waals surface area contributed by atoms with Crippen molar-refractivity contribution < 1.29 is 14.3 Å². The summed E-state index contributed by atoms with van der Waals surface area (Å²) in [7, 11) is 0. The molecule has 0 atom stereocenters. The Morgan fingerprint density at radius 3 is 2.62 bits per heavy atom. The van der Waals surface area contributed by atoms with Crippen LogP contribution in [-0.4, -0.2) is 16.1 Å². The van der Waals surface area contributed by atoms with Crippen LogP contribution in [-0.2, 0) is 0 Å². The molecule has 0 aliphatic rings. The van der Waals surface area contributed by atoms with Crippen molar-refractivity contribution in [1.29, 1.82) is 0 Å². The van der Waals surface area contributed by atoms with Gasteiger partial charge >= 0.3 is 5.97 Å². The van der Waals surface area contributed by atoms with Crippen LogP contribution in [0.5, 0.6) is 0 Å². The number of aromatic carboxylic acids is 1. The van der Waals surface area contributed by atoms with Crippen LogP contribution in [0.1, 0.15) is 10.4 Å². The van der Waals surface area contributed by atoms with Crippen molar-refractivity contribution >= 4 is 17.6 Å². The molecule has 0 aliphatic heterocycles. The summed E-state index contributed by atoms with van der Waals surface area (Å²) in [6, 6.07) is 13.7. The van der Waals surface area contributed by atoms with Gasteiger partial charge in [-0.15, -0.1) is 0 Å². The van der Waals surface area contributed by atoms with Crippen LogP contribution >= 0.6 is 11.6 Å². The minimum atomic E-state index is -0.988. The maximum atomic E-state index is 11.0. The molecule has 0 saturated heterocycles. The molecule has 0 saturated carbocycles. The molecule has 0 radical (unpaired) electrons. The Morgan fingerprint density at radius 2 is 1.86 bits per heavy atom. The third kappa shape index (κ3) is 2.80. The maximum Gasteiger partial charge on any atom is 0.335 e. The van der Waals surface area contributed by atoms with E-state index in [1.54, 1.807) is 24.3 Å². The largest absolute Gasteiger partial charge is 0.478 e. The molecule has 1 heterocycles. The molecule has 0 spiro atoms. The molecule has 0 amide bonds. The summed E-state index contributed by atoms with van der Waals surface area (Å²) >= 11 is 5.95. The molecular weight excluding hydrogens is 290 g/mol. The Balaban J connectivity index is 1.98. The Kier molecular flexibility index (Phi) is 3.46. The van der Waals surface area contributed by atoms with Gasteiger partial charge in [0.25, 0.3) is 0 Å². The highest BCUT2D eigenvalue weighted by Crippen LogP contribution is 2.26. The number of halogens is 1. The highest BCUT2D eigenvalue weighted by Gasteiger charge is 2.11. The zero-order valence-electron chi connectivity index (χ0n) is 10.8. The van der Waals surface area contributed by atoms with Gasteiger partial charge in [-0.25, -0.2) is 9.78 Å². The van der Waals surface area contributed by atoms with E-state index in [0.29, 0.717) is 22.2 Å². The minimum Gasteiger partial charge on any atom is -0.478 e. The van der Waals surface area contributed by atoms with Gasteiger partial charge in [-0.2, -0.15) is 0 Å². The molecule has 21 heavy (non-hydrogen) atoms. The first-order valence-electron chi connectivity index (χ1n) is 6.19. The van der Waals surface area contributed by atoms with Gasteiger partial charge in [-0.3, -0.25) is 0 Å². The van der Waals surface area contributed by atoms with Crippen molar-refractivity contribution in [3.63, 3.8) is 0 Å². The molecule has 1 N–H and O–H groups in total.